The zero-order valence-electron chi connectivity index (χ0n) is 34.8. The fraction of sp³-hybridized carbons (Fsp3) is 0.415. The van der Waals surface area contributed by atoms with Gasteiger partial charge in [0.25, 0.3) is 11.8 Å². The Balaban J connectivity index is 0.000000316. The van der Waals surface area contributed by atoms with Gasteiger partial charge in [0.15, 0.2) is 0 Å². The van der Waals surface area contributed by atoms with Crippen molar-refractivity contribution in [1.29, 1.82) is 0 Å². The molecule has 18 heteroatoms. The second kappa shape index (κ2) is 25.5. The molecule has 0 fully saturated rings. The van der Waals surface area contributed by atoms with E-state index in [1.54, 1.807) is 44.7 Å². The van der Waals surface area contributed by atoms with Gasteiger partial charge in [-0.15, -0.1) is 0 Å². The number of carbonyl (C=O) groups excluding carboxylic acids is 4. The van der Waals surface area contributed by atoms with Crippen LogP contribution in [0, 0.1) is 6.92 Å². The minimum atomic E-state index is -0.218. The molecule has 6 amide bonds. The molecule has 4 rings (SSSR count). The standard InChI is InChI=1S/C21H31N7O2.C20H29N7O2/c1-4-24-19-17(20(29)23-3)9-8-16(28-19)7-5-6-10-25-21(30)27-13-15-11-14(2)18(22)26-12-15;1-3-23-18-16(19(28)22-2)9-8-15(27-18)6-4-5-11-24-20(29)26-13-14-7-10-17(21)25-12-14/h8-9,11-12H,4-7,10,13H2,1-3H3,(H2,22,26)(H,23,29)(H,24,28)(H2,25,27,30);7-10,12H,3-6,11,13H2,1-2H3,(H2,21,25)(H,22,28)(H,23,27)(H2,24,26,29). The number of unbranched alkanes of at least 4 members (excludes halogenated alkanes) is 2. The van der Waals surface area contributed by atoms with Gasteiger partial charge in [0.1, 0.15) is 23.3 Å². The number of nitrogens with zero attached hydrogens (tertiary/aromatic N) is 4. The Kier molecular flexibility index (Phi) is 20.2. The van der Waals surface area contributed by atoms with Gasteiger partial charge in [-0.3, -0.25) is 9.59 Å². The lowest BCUT2D eigenvalue weighted by Crippen LogP contribution is -2.35. The molecule has 318 valence electrons. The Morgan fingerprint density at radius 3 is 1.54 bits per heavy atom. The molecule has 0 bridgehead atoms. The molecule has 0 radical (unpaired) electrons. The molecular weight excluding hydrogens is 753 g/mol. The first-order chi connectivity index (χ1) is 28.5. The normalized spacial score (nSPS) is 10.3. The highest BCUT2D eigenvalue weighted by Gasteiger charge is 2.13. The number of nitrogens with two attached hydrogens (primary N) is 2. The van der Waals surface area contributed by atoms with Crippen LogP contribution in [-0.4, -0.2) is 84.1 Å². The summed E-state index contributed by atoms with van der Waals surface area (Å²) in [6, 6.07) is 12.3. The maximum Gasteiger partial charge on any atom is 0.315 e. The number of urea groups is 2. The van der Waals surface area contributed by atoms with Crippen molar-refractivity contribution >= 4 is 47.1 Å². The summed E-state index contributed by atoms with van der Waals surface area (Å²) < 4.78 is 0. The summed E-state index contributed by atoms with van der Waals surface area (Å²) in [5.74, 6) is 1.82. The third-order valence-electron chi connectivity index (χ3n) is 8.76. The summed E-state index contributed by atoms with van der Waals surface area (Å²) in [5, 5.41) is 22.8. The van der Waals surface area contributed by atoms with Crippen LogP contribution >= 0.6 is 0 Å². The number of hydrogen-bond acceptors (Lipinski definition) is 12. The van der Waals surface area contributed by atoms with E-state index >= 15 is 0 Å². The van der Waals surface area contributed by atoms with Gasteiger partial charge in [0, 0.05) is 77.1 Å². The molecule has 0 saturated carbocycles. The molecule has 0 atom stereocenters. The summed E-state index contributed by atoms with van der Waals surface area (Å²) in [4.78, 5) is 64.7. The molecule has 0 saturated heterocycles. The third-order valence-corrected chi connectivity index (χ3v) is 8.76. The van der Waals surface area contributed by atoms with Crippen LogP contribution in [0.1, 0.15) is 88.3 Å². The van der Waals surface area contributed by atoms with Crippen molar-refractivity contribution in [2.24, 2.45) is 0 Å². The fourth-order valence-corrected chi connectivity index (χ4v) is 5.55. The smallest absolute Gasteiger partial charge is 0.315 e. The van der Waals surface area contributed by atoms with Gasteiger partial charge >= 0.3 is 12.1 Å². The SMILES string of the molecule is CCNc1nc(CCCCNC(=O)NCc2ccc(N)nc2)ccc1C(=O)NC.CCNc1nc(CCCCNC(=O)NCc2cnc(N)c(C)c2)ccc1C(=O)NC. The molecule has 18 nitrogen and oxygen atoms in total. The molecule has 0 aliphatic rings. The van der Waals surface area contributed by atoms with E-state index in [1.807, 2.05) is 45.0 Å². The highest BCUT2D eigenvalue weighted by atomic mass is 16.2. The van der Waals surface area contributed by atoms with Crippen molar-refractivity contribution in [2.75, 3.05) is 62.4 Å². The van der Waals surface area contributed by atoms with Crippen LogP contribution in [0.2, 0.25) is 0 Å². The van der Waals surface area contributed by atoms with E-state index in [-0.39, 0.29) is 23.9 Å². The van der Waals surface area contributed by atoms with Gasteiger partial charge in [-0.25, -0.2) is 29.5 Å². The number of anilines is 4. The van der Waals surface area contributed by atoms with Gasteiger partial charge in [0.2, 0.25) is 0 Å². The number of rotatable bonds is 20. The largest absolute Gasteiger partial charge is 0.384 e. The number of nitrogen functional groups attached to an aromatic ring is 2. The molecule has 4 heterocycles. The maximum absolute atomic E-state index is 11.9. The van der Waals surface area contributed by atoms with E-state index in [4.69, 9.17) is 11.5 Å². The Bertz CT molecular complexity index is 1960. The minimum absolute atomic E-state index is 0.162. The van der Waals surface area contributed by atoms with E-state index < -0.39 is 0 Å². The molecule has 0 aliphatic carbocycles. The van der Waals surface area contributed by atoms with Crippen LogP contribution in [0.25, 0.3) is 0 Å². The second-order valence-electron chi connectivity index (χ2n) is 13.4. The molecular formula is C41H60N14O4. The lowest BCUT2D eigenvalue weighted by Gasteiger charge is -2.11. The Morgan fingerprint density at radius 2 is 1.10 bits per heavy atom. The lowest BCUT2D eigenvalue weighted by atomic mass is 10.1. The lowest BCUT2D eigenvalue weighted by molar-refractivity contribution is 0.0955. The first-order valence-corrected chi connectivity index (χ1v) is 19.8. The number of hydrogen-bond donors (Lipinski definition) is 10. The van der Waals surface area contributed by atoms with Crippen LogP contribution in [0.3, 0.4) is 0 Å². The summed E-state index contributed by atoms with van der Waals surface area (Å²) in [5.41, 5.74) is 16.8. The van der Waals surface area contributed by atoms with Crippen LogP contribution in [0.4, 0.5) is 32.9 Å². The molecule has 4 aromatic heterocycles. The maximum atomic E-state index is 11.9. The Hall–Kier alpha value is -6.72. The van der Waals surface area contributed by atoms with Crippen molar-refractivity contribution in [3.63, 3.8) is 0 Å². The molecule has 0 spiro atoms. The number of pyridine rings is 4. The minimum Gasteiger partial charge on any atom is -0.384 e. The van der Waals surface area contributed by atoms with E-state index in [2.05, 4.69) is 62.5 Å². The van der Waals surface area contributed by atoms with Gasteiger partial charge in [-0.1, -0.05) is 6.07 Å². The Labute approximate surface area is 346 Å². The predicted octanol–water partition coefficient (Wildman–Crippen LogP) is 3.65. The quantitative estimate of drug-likeness (QED) is 0.0574. The van der Waals surface area contributed by atoms with Crippen LogP contribution in [-0.2, 0) is 25.9 Å². The third kappa shape index (κ3) is 16.7. The summed E-state index contributed by atoms with van der Waals surface area (Å²) in [6.45, 7) is 9.11. The van der Waals surface area contributed by atoms with E-state index in [9.17, 15) is 19.2 Å². The number of nitrogens with one attached hydrogen (secondary N) is 8. The molecule has 12 N–H and O–H groups in total. The molecule has 0 unspecified atom stereocenters. The van der Waals surface area contributed by atoms with Crippen molar-refractivity contribution in [1.82, 2.24) is 51.8 Å². The Morgan fingerprint density at radius 1 is 0.610 bits per heavy atom. The molecule has 4 aromatic rings. The average Bonchev–Trinajstić information content (AvgIpc) is 3.23. The van der Waals surface area contributed by atoms with Gasteiger partial charge in [-0.2, -0.15) is 0 Å². The summed E-state index contributed by atoms with van der Waals surface area (Å²) in [6.07, 6.45) is 8.24. The first kappa shape index (κ1) is 46.7. The van der Waals surface area contributed by atoms with Crippen LogP contribution in [0.5, 0.6) is 0 Å². The number of carbonyl (C=O) groups is 4. The van der Waals surface area contributed by atoms with E-state index in [0.29, 0.717) is 73.7 Å². The summed E-state index contributed by atoms with van der Waals surface area (Å²) >= 11 is 0. The average molecular weight is 813 g/mol. The number of aromatic nitrogens is 4. The first-order valence-electron chi connectivity index (χ1n) is 19.8. The second-order valence-corrected chi connectivity index (χ2v) is 13.4. The molecule has 59 heavy (non-hydrogen) atoms. The number of amides is 6. The van der Waals surface area contributed by atoms with Crippen LogP contribution < -0.4 is 54.0 Å². The summed E-state index contributed by atoms with van der Waals surface area (Å²) in [7, 11) is 3.20. The van der Waals surface area contributed by atoms with Crippen molar-refractivity contribution < 1.29 is 19.2 Å². The van der Waals surface area contributed by atoms with E-state index in [0.717, 1.165) is 66.6 Å². The van der Waals surface area contributed by atoms with Gasteiger partial charge in [0.05, 0.1) is 11.1 Å². The fourth-order valence-electron chi connectivity index (χ4n) is 5.55. The highest BCUT2D eigenvalue weighted by molar-refractivity contribution is 5.99. The molecule has 0 aliphatic heterocycles. The zero-order chi connectivity index (χ0) is 43.0. The molecule has 0 aromatic carbocycles. The zero-order valence-corrected chi connectivity index (χ0v) is 34.8. The number of aryl methyl sites for hydroxylation is 3. The van der Waals surface area contributed by atoms with Crippen molar-refractivity contribution in [3.8, 4) is 0 Å². The monoisotopic (exact) mass is 812 g/mol. The highest BCUT2D eigenvalue weighted by Crippen LogP contribution is 2.16. The van der Waals surface area contributed by atoms with Crippen molar-refractivity contribution in [2.45, 2.75) is 72.4 Å². The predicted molar refractivity (Wildman–Crippen MR) is 232 cm³/mol. The van der Waals surface area contributed by atoms with Gasteiger partial charge < -0.3 is 54.0 Å². The topological polar surface area (TPSA) is 268 Å². The van der Waals surface area contributed by atoms with E-state index in [1.165, 1.54) is 0 Å². The van der Waals surface area contributed by atoms with Crippen molar-refractivity contribution in [3.05, 3.63) is 94.1 Å². The van der Waals surface area contributed by atoms with Crippen LogP contribution in [0.15, 0.2) is 54.9 Å². The van der Waals surface area contributed by atoms with Gasteiger partial charge in [-0.05, 0) is 112 Å².